The molecule has 7 heteroatoms. The van der Waals surface area contributed by atoms with Gasteiger partial charge >= 0.3 is 0 Å². The maximum atomic E-state index is 12.9. The normalized spacial score (nSPS) is 15.7. The maximum Gasteiger partial charge on any atom is 0.229 e. The number of benzene rings is 2. The van der Waals surface area contributed by atoms with Crippen molar-refractivity contribution >= 4 is 40.5 Å². The van der Waals surface area contributed by atoms with Crippen LogP contribution in [0.3, 0.4) is 0 Å². The van der Waals surface area contributed by atoms with E-state index in [1.54, 1.807) is 29.2 Å². The molecule has 2 N–H and O–H groups in total. The number of hydrogen-bond donors (Lipinski definition) is 2. The summed E-state index contributed by atoms with van der Waals surface area (Å²) in [6, 6.07) is 13.1. The number of carbonyl (C=O) groups is 3. The van der Waals surface area contributed by atoms with Crippen LogP contribution in [0.2, 0.25) is 0 Å². The molecule has 7 nitrogen and oxygen atoms in total. The quantitative estimate of drug-likeness (QED) is 0.711. The number of aryl methyl sites for hydroxylation is 1. The van der Waals surface area contributed by atoms with Crippen LogP contribution in [0.4, 0.5) is 22.7 Å². The minimum Gasteiger partial charge on any atom is -0.372 e. The van der Waals surface area contributed by atoms with Crippen LogP contribution >= 0.6 is 0 Å². The highest BCUT2D eigenvalue weighted by Gasteiger charge is 2.35. The van der Waals surface area contributed by atoms with Gasteiger partial charge in [-0.3, -0.25) is 14.4 Å². The Bertz CT molecular complexity index is 985. The van der Waals surface area contributed by atoms with Crippen molar-refractivity contribution in [2.75, 3.05) is 40.1 Å². The third-order valence-electron chi connectivity index (χ3n) is 5.57. The number of carbonyl (C=O) groups excluding carboxylic acids is 3. The van der Waals surface area contributed by atoms with Gasteiger partial charge in [-0.2, -0.15) is 0 Å². The summed E-state index contributed by atoms with van der Waals surface area (Å²) in [6.07, 6.45) is 0.160. The average Bonchev–Trinajstić information content (AvgIpc) is 3.12. The molecule has 0 aromatic heterocycles. The third-order valence-corrected chi connectivity index (χ3v) is 5.57. The fourth-order valence-corrected chi connectivity index (χ4v) is 3.90. The Morgan fingerprint density at radius 3 is 2.48 bits per heavy atom. The van der Waals surface area contributed by atoms with Gasteiger partial charge in [-0.05, 0) is 62.7 Å². The standard InChI is InChI=1S/C24H30N4O3/c1-5-27(6-2)20-10-11-22(16(3)12-20)26-24(31)18-13-23(30)28(15-18)21-9-7-8-19(14-21)25-17(4)29/h7-12,14,18H,5-6,13,15H2,1-4H3,(H,25,29)(H,26,31). The summed E-state index contributed by atoms with van der Waals surface area (Å²) in [7, 11) is 0. The zero-order valence-corrected chi connectivity index (χ0v) is 18.6. The summed E-state index contributed by atoms with van der Waals surface area (Å²) in [5, 5.41) is 5.71. The van der Waals surface area contributed by atoms with Crippen LogP contribution in [0.1, 0.15) is 32.8 Å². The molecule has 31 heavy (non-hydrogen) atoms. The Kier molecular flexibility index (Phi) is 6.95. The number of nitrogens with one attached hydrogen (secondary N) is 2. The molecule has 0 spiro atoms. The summed E-state index contributed by atoms with van der Waals surface area (Å²) in [4.78, 5) is 40.6. The van der Waals surface area contributed by atoms with Gasteiger partial charge in [0.15, 0.2) is 0 Å². The Balaban J connectivity index is 1.69. The fraction of sp³-hybridized carbons (Fsp3) is 0.375. The molecule has 2 aromatic rings. The van der Waals surface area contributed by atoms with Gasteiger partial charge in [0.2, 0.25) is 17.7 Å². The lowest BCUT2D eigenvalue weighted by molar-refractivity contribution is -0.122. The molecule has 1 aliphatic rings. The first kappa shape index (κ1) is 22.3. The van der Waals surface area contributed by atoms with Gasteiger partial charge in [-0.1, -0.05) is 6.07 Å². The Morgan fingerprint density at radius 2 is 1.84 bits per heavy atom. The summed E-state index contributed by atoms with van der Waals surface area (Å²) in [5.74, 6) is -0.871. The minimum atomic E-state index is -0.432. The molecule has 1 aliphatic heterocycles. The van der Waals surface area contributed by atoms with Crippen LogP contribution in [0.25, 0.3) is 0 Å². The van der Waals surface area contributed by atoms with E-state index in [0.29, 0.717) is 17.9 Å². The van der Waals surface area contributed by atoms with Gasteiger partial charge in [0.05, 0.1) is 5.92 Å². The topological polar surface area (TPSA) is 81.8 Å². The largest absolute Gasteiger partial charge is 0.372 e. The molecule has 1 atom stereocenters. The zero-order chi connectivity index (χ0) is 22.5. The summed E-state index contributed by atoms with van der Waals surface area (Å²) >= 11 is 0. The van der Waals surface area contributed by atoms with Gasteiger partial charge in [-0.25, -0.2) is 0 Å². The lowest BCUT2D eigenvalue weighted by Gasteiger charge is -2.22. The first-order valence-electron chi connectivity index (χ1n) is 10.7. The van der Waals surface area contributed by atoms with Crippen molar-refractivity contribution in [3.05, 3.63) is 48.0 Å². The zero-order valence-electron chi connectivity index (χ0n) is 18.6. The molecule has 1 fully saturated rings. The monoisotopic (exact) mass is 422 g/mol. The SMILES string of the molecule is CCN(CC)c1ccc(NC(=O)C2CC(=O)N(c3cccc(NC(C)=O)c3)C2)c(C)c1. The lowest BCUT2D eigenvalue weighted by Crippen LogP contribution is -2.28. The van der Waals surface area contributed by atoms with Crippen molar-refractivity contribution in [2.24, 2.45) is 5.92 Å². The second kappa shape index (κ2) is 9.64. The average molecular weight is 423 g/mol. The molecule has 3 rings (SSSR count). The second-order valence-corrected chi connectivity index (χ2v) is 7.80. The summed E-state index contributed by atoms with van der Waals surface area (Å²) < 4.78 is 0. The van der Waals surface area contributed by atoms with Crippen molar-refractivity contribution in [1.29, 1.82) is 0 Å². The highest BCUT2D eigenvalue weighted by molar-refractivity contribution is 6.04. The van der Waals surface area contributed by atoms with Crippen molar-refractivity contribution in [3.63, 3.8) is 0 Å². The number of rotatable bonds is 7. The van der Waals surface area contributed by atoms with Crippen molar-refractivity contribution in [2.45, 2.75) is 34.1 Å². The van der Waals surface area contributed by atoms with E-state index in [0.717, 1.165) is 30.0 Å². The van der Waals surface area contributed by atoms with Crippen LogP contribution in [-0.4, -0.2) is 37.4 Å². The maximum absolute atomic E-state index is 12.9. The fourth-order valence-electron chi connectivity index (χ4n) is 3.90. The predicted octanol–water partition coefficient (Wildman–Crippen LogP) is 3.79. The molecular formula is C24H30N4O3. The molecular weight excluding hydrogens is 392 g/mol. The first-order chi connectivity index (χ1) is 14.8. The molecule has 0 radical (unpaired) electrons. The molecule has 0 saturated carbocycles. The number of nitrogens with zero attached hydrogens (tertiary/aromatic N) is 2. The van der Waals surface area contributed by atoms with E-state index in [1.807, 2.05) is 19.1 Å². The van der Waals surface area contributed by atoms with Crippen LogP contribution in [-0.2, 0) is 14.4 Å². The molecule has 1 saturated heterocycles. The van der Waals surface area contributed by atoms with Crippen molar-refractivity contribution < 1.29 is 14.4 Å². The van der Waals surface area contributed by atoms with Gasteiger partial charge in [-0.15, -0.1) is 0 Å². The highest BCUT2D eigenvalue weighted by atomic mass is 16.2. The van der Waals surface area contributed by atoms with Crippen LogP contribution < -0.4 is 20.4 Å². The van der Waals surface area contributed by atoms with E-state index in [4.69, 9.17) is 0 Å². The smallest absolute Gasteiger partial charge is 0.229 e. The molecule has 0 aliphatic carbocycles. The van der Waals surface area contributed by atoms with E-state index in [2.05, 4.69) is 35.4 Å². The Labute approximate surface area is 183 Å². The van der Waals surface area contributed by atoms with Gasteiger partial charge < -0.3 is 20.4 Å². The van der Waals surface area contributed by atoms with Crippen molar-refractivity contribution in [3.8, 4) is 0 Å². The van der Waals surface area contributed by atoms with Gasteiger partial charge in [0.25, 0.3) is 0 Å². The van der Waals surface area contributed by atoms with E-state index in [9.17, 15) is 14.4 Å². The molecule has 1 heterocycles. The highest BCUT2D eigenvalue weighted by Crippen LogP contribution is 2.29. The Morgan fingerprint density at radius 1 is 1.10 bits per heavy atom. The van der Waals surface area contributed by atoms with Crippen LogP contribution in [0.15, 0.2) is 42.5 Å². The van der Waals surface area contributed by atoms with E-state index >= 15 is 0 Å². The van der Waals surface area contributed by atoms with E-state index < -0.39 is 5.92 Å². The van der Waals surface area contributed by atoms with Crippen molar-refractivity contribution in [1.82, 2.24) is 0 Å². The molecule has 164 valence electrons. The summed E-state index contributed by atoms with van der Waals surface area (Å²) in [5.41, 5.74) is 4.17. The van der Waals surface area contributed by atoms with Gasteiger partial charge in [0, 0.05) is 55.7 Å². The second-order valence-electron chi connectivity index (χ2n) is 7.80. The van der Waals surface area contributed by atoms with Crippen LogP contribution in [0, 0.1) is 12.8 Å². The summed E-state index contributed by atoms with van der Waals surface area (Å²) in [6.45, 7) is 9.79. The number of amides is 3. The predicted molar refractivity (Wildman–Crippen MR) is 125 cm³/mol. The molecule has 0 bridgehead atoms. The molecule has 1 unspecified atom stereocenters. The Hall–Kier alpha value is -3.35. The number of hydrogen-bond acceptors (Lipinski definition) is 4. The molecule has 3 amide bonds. The van der Waals surface area contributed by atoms with E-state index in [-0.39, 0.29) is 24.1 Å². The van der Waals surface area contributed by atoms with E-state index in [1.165, 1.54) is 6.92 Å². The minimum absolute atomic E-state index is 0.103. The molecule has 2 aromatic carbocycles. The lowest BCUT2D eigenvalue weighted by atomic mass is 10.1. The van der Waals surface area contributed by atoms with Crippen LogP contribution in [0.5, 0.6) is 0 Å². The van der Waals surface area contributed by atoms with Gasteiger partial charge in [0.1, 0.15) is 0 Å². The first-order valence-corrected chi connectivity index (χ1v) is 10.7. The third kappa shape index (κ3) is 5.23. The number of anilines is 4.